The molecule has 0 amide bonds. The summed E-state index contributed by atoms with van der Waals surface area (Å²) in [5.74, 6) is 0. The van der Waals surface area contributed by atoms with Crippen LogP contribution in [0.5, 0.6) is 0 Å². The minimum atomic E-state index is -3.68. The highest BCUT2D eigenvalue weighted by Gasteiger charge is 2.20. The summed E-state index contributed by atoms with van der Waals surface area (Å²) in [4.78, 5) is 10.2. The molecule has 7 heteroatoms. The number of pyridine rings is 1. The van der Waals surface area contributed by atoms with Gasteiger partial charge < -0.3 is 0 Å². The summed E-state index contributed by atoms with van der Waals surface area (Å²) in [6.45, 7) is 3.85. The predicted molar refractivity (Wildman–Crippen MR) is 114 cm³/mol. The van der Waals surface area contributed by atoms with Gasteiger partial charge in [-0.15, -0.1) is 0 Å². The first-order valence-corrected chi connectivity index (χ1v) is 11.2. The molecular weight excluding hydrogens is 390 g/mol. The van der Waals surface area contributed by atoms with E-state index in [1.807, 2.05) is 50.2 Å². The molecule has 4 aromatic rings. The number of aryl methyl sites for hydroxylation is 1. The van der Waals surface area contributed by atoms with Gasteiger partial charge in [0.05, 0.1) is 10.6 Å². The standard InChI is InChI=1S/C21H19N3O2S2/c1-3-15-8-4-5-12-19(15)28(25,26)24-17-10-6-9-16(14(17)2)20-23-18-11-7-13-22-21(18)27-20/h4-13,24H,3H2,1-2H3. The third kappa shape index (κ3) is 3.39. The number of rotatable bonds is 5. The maximum absolute atomic E-state index is 13.0. The van der Waals surface area contributed by atoms with Gasteiger partial charge in [0.2, 0.25) is 0 Å². The van der Waals surface area contributed by atoms with Crippen molar-refractivity contribution in [2.24, 2.45) is 0 Å². The molecule has 2 aromatic carbocycles. The van der Waals surface area contributed by atoms with Crippen molar-refractivity contribution >= 4 is 37.4 Å². The predicted octanol–water partition coefficient (Wildman–Crippen LogP) is 5.03. The molecule has 0 atom stereocenters. The normalized spacial score (nSPS) is 11.6. The maximum Gasteiger partial charge on any atom is 0.262 e. The van der Waals surface area contributed by atoms with E-state index in [9.17, 15) is 8.42 Å². The summed E-state index contributed by atoms with van der Waals surface area (Å²) in [5.41, 5.74) is 3.91. The van der Waals surface area contributed by atoms with Crippen molar-refractivity contribution in [3.63, 3.8) is 0 Å². The third-order valence-corrected chi connectivity index (χ3v) is 7.10. The van der Waals surface area contributed by atoms with E-state index in [-0.39, 0.29) is 0 Å². The number of benzene rings is 2. The van der Waals surface area contributed by atoms with Gasteiger partial charge in [0.15, 0.2) is 0 Å². The molecule has 2 aromatic heterocycles. The highest BCUT2D eigenvalue weighted by atomic mass is 32.2. The summed E-state index contributed by atoms with van der Waals surface area (Å²) >= 11 is 1.49. The van der Waals surface area contributed by atoms with Crippen LogP contribution in [0.15, 0.2) is 65.7 Å². The van der Waals surface area contributed by atoms with Crippen molar-refractivity contribution < 1.29 is 8.42 Å². The molecule has 0 unspecified atom stereocenters. The smallest absolute Gasteiger partial charge is 0.262 e. The molecule has 0 radical (unpaired) electrons. The lowest BCUT2D eigenvalue weighted by Crippen LogP contribution is -2.15. The molecule has 0 saturated carbocycles. The number of anilines is 1. The van der Waals surface area contributed by atoms with Crippen molar-refractivity contribution in [2.75, 3.05) is 4.72 Å². The van der Waals surface area contributed by atoms with E-state index < -0.39 is 10.0 Å². The fourth-order valence-electron chi connectivity index (χ4n) is 3.12. The zero-order valence-corrected chi connectivity index (χ0v) is 17.1. The van der Waals surface area contributed by atoms with Gasteiger partial charge in [-0.3, -0.25) is 4.72 Å². The van der Waals surface area contributed by atoms with Crippen LogP contribution in [0, 0.1) is 6.92 Å². The van der Waals surface area contributed by atoms with Crippen molar-refractivity contribution in [3.05, 3.63) is 71.9 Å². The van der Waals surface area contributed by atoms with Gasteiger partial charge in [-0.1, -0.05) is 48.6 Å². The Morgan fingerprint density at radius 3 is 2.64 bits per heavy atom. The molecule has 0 bridgehead atoms. The van der Waals surface area contributed by atoms with Crippen LogP contribution in [-0.2, 0) is 16.4 Å². The van der Waals surface area contributed by atoms with Gasteiger partial charge in [0.1, 0.15) is 15.4 Å². The summed E-state index contributed by atoms with van der Waals surface area (Å²) in [6.07, 6.45) is 2.39. The second kappa shape index (κ2) is 7.33. The molecule has 0 fully saturated rings. The van der Waals surface area contributed by atoms with Gasteiger partial charge >= 0.3 is 0 Å². The van der Waals surface area contributed by atoms with Gasteiger partial charge in [-0.2, -0.15) is 0 Å². The molecule has 142 valence electrons. The molecular formula is C21H19N3O2S2. The van der Waals surface area contributed by atoms with Crippen LogP contribution in [-0.4, -0.2) is 18.4 Å². The Labute approximate surface area is 168 Å². The monoisotopic (exact) mass is 409 g/mol. The maximum atomic E-state index is 13.0. The second-order valence-electron chi connectivity index (χ2n) is 6.39. The quantitative estimate of drug-likeness (QED) is 0.502. The van der Waals surface area contributed by atoms with Crippen LogP contribution < -0.4 is 4.72 Å². The van der Waals surface area contributed by atoms with Crippen LogP contribution in [0.25, 0.3) is 20.9 Å². The third-order valence-electron chi connectivity index (χ3n) is 4.62. The fraction of sp³-hybridized carbons (Fsp3) is 0.143. The SMILES string of the molecule is CCc1ccccc1S(=O)(=O)Nc1cccc(-c2nc3cccnc3s2)c1C. The Bertz CT molecular complexity index is 1230. The van der Waals surface area contributed by atoms with Crippen LogP contribution in [0.3, 0.4) is 0 Å². The Morgan fingerprint density at radius 1 is 1.04 bits per heavy atom. The minimum absolute atomic E-state index is 0.312. The van der Waals surface area contributed by atoms with Crippen LogP contribution >= 0.6 is 11.3 Å². The summed E-state index contributed by atoms with van der Waals surface area (Å²) in [6, 6.07) is 16.4. The zero-order valence-electron chi connectivity index (χ0n) is 15.5. The van der Waals surface area contributed by atoms with Crippen LogP contribution in [0.4, 0.5) is 5.69 Å². The van der Waals surface area contributed by atoms with Crippen LogP contribution in [0.2, 0.25) is 0 Å². The lowest BCUT2D eigenvalue weighted by atomic mass is 10.1. The Kier molecular flexibility index (Phi) is 4.87. The Hall–Kier alpha value is -2.77. The number of aromatic nitrogens is 2. The number of hydrogen-bond acceptors (Lipinski definition) is 5. The Balaban J connectivity index is 1.74. The van der Waals surface area contributed by atoms with E-state index in [0.717, 1.165) is 32.0 Å². The molecule has 0 saturated heterocycles. The average Bonchev–Trinajstić information content (AvgIpc) is 3.13. The summed E-state index contributed by atoms with van der Waals surface area (Å²) in [5, 5.41) is 0.821. The number of nitrogens with zero attached hydrogens (tertiary/aromatic N) is 2. The molecule has 2 heterocycles. The number of sulfonamides is 1. The second-order valence-corrected chi connectivity index (χ2v) is 9.02. The largest absolute Gasteiger partial charge is 0.279 e. The van der Waals surface area contributed by atoms with E-state index in [1.54, 1.807) is 24.4 Å². The molecule has 0 aliphatic rings. The van der Waals surface area contributed by atoms with Crippen molar-refractivity contribution in [1.82, 2.24) is 9.97 Å². The number of nitrogens with one attached hydrogen (secondary N) is 1. The van der Waals surface area contributed by atoms with Gasteiger partial charge in [0, 0.05) is 11.8 Å². The molecule has 0 aliphatic heterocycles. The number of thiazole rings is 1. The highest BCUT2D eigenvalue weighted by Crippen LogP contribution is 2.34. The van der Waals surface area contributed by atoms with Crippen LogP contribution in [0.1, 0.15) is 18.1 Å². The number of fused-ring (bicyclic) bond motifs is 1. The zero-order chi connectivity index (χ0) is 19.7. The first-order valence-electron chi connectivity index (χ1n) is 8.92. The lowest BCUT2D eigenvalue weighted by molar-refractivity contribution is 0.600. The molecule has 28 heavy (non-hydrogen) atoms. The lowest BCUT2D eigenvalue weighted by Gasteiger charge is -2.14. The topological polar surface area (TPSA) is 72.0 Å². The molecule has 4 rings (SSSR count). The minimum Gasteiger partial charge on any atom is -0.279 e. The van der Waals surface area contributed by atoms with E-state index in [1.165, 1.54) is 11.3 Å². The van der Waals surface area contributed by atoms with E-state index in [2.05, 4.69) is 14.7 Å². The summed E-state index contributed by atoms with van der Waals surface area (Å²) in [7, 11) is -3.68. The van der Waals surface area contributed by atoms with Gasteiger partial charge in [-0.25, -0.2) is 18.4 Å². The first-order chi connectivity index (χ1) is 13.5. The van der Waals surface area contributed by atoms with E-state index in [4.69, 9.17) is 0 Å². The highest BCUT2D eigenvalue weighted by molar-refractivity contribution is 7.92. The van der Waals surface area contributed by atoms with Crippen molar-refractivity contribution in [2.45, 2.75) is 25.2 Å². The first kappa shape index (κ1) is 18.6. The van der Waals surface area contributed by atoms with E-state index in [0.29, 0.717) is 17.0 Å². The molecule has 5 nitrogen and oxygen atoms in total. The summed E-state index contributed by atoms with van der Waals surface area (Å²) < 4.78 is 28.7. The van der Waals surface area contributed by atoms with Crippen molar-refractivity contribution in [1.29, 1.82) is 0 Å². The number of hydrogen-bond donors (Lipinski definition) is 1. The Morgan fingerprint density at radius 2 is 1.86 bits per heavy atom. The molecule has 0 spiro atoms. The van der Waals surface area contributed by atoms with E-state index >= 15 is 0 Å². The van der Waals surface area contributed by atoms with Crippen molar-refractivity contribution in [3.8, 4) is 10.6 Å². The van der Waals surface area contributed by atoms with Gasteiger partial charge in [0.25, 0.3) is 10.0 Å². The molecule has 0 aliphatic carbocycles. The fourth-order valence-corrected chi connectivity index (χ4v) is 5.55. The van der Waals surface area contributed by atoms with Gasteiger partial charge in [-0.05, 0) is 48.7 Å². The molecule has 1 N–H and O–H groups in total. The average molecular weight is 410 g/mol.